The fraction of sp³-hybridized carbons (Fsp3) is 0.357. The molecule has 0 aliphatic rings. The third-order valence-electron chi connectivity index (χ3n) is 5.72. The fourth-order valence-electron chi connectivity index (χ4n) is 3.89. The van der Waals surface area contributed by atoms with Crippen molar-refractivity contribution in [2.75, 3.05) is 25.5 Å². The molecule has 0 saturated carbocycles. The van der Waals surface area contributed by atoms with E-state index in [0.29, 0.717) is 0 Å². The Hall–Kier alpha value is -2.85. The summed E-state index contributed by atoms with van der Waals surface area (Å²) in [6.07, 6.45) is 1.06. The minimum absolute atomic E-state index is 0.145. The lowest BCUT2D eigenvalue weighted by Crippen LogP contribution is -2.22. The number of nitrogens with zero attached hydrogens (tertiary/aromatic N) is 1. The second-order valence-corrected chi connectivity index (χ2v) is 8.79. The van der Waals surface area contributed by atoms with Crippen molar-refractivity contribution in [2.45, 2.75) is 45.3 Å². The van der Waals surface area contributed by atoms with Gasteiger partial charge >= 0.3 is 0 Å². The molecule has 0 saturated heterocycles. The Morgan fingerprint density at radius 2 is 1.31 bits per heavy atom. The predicted molar refractivity (Wildman–Crippen MR) is 132 cm³/mol. The molecule has 0 amide bonds. The van der Waals surface area contributed by atoms with Gasteiger partial charge in [-0.05, 0) is 86.8 Å². The number of halogens is 1. The average molecular weight is 435 g/mol. The first kappa shape index (κ1) is 23.8. The van der Waals surface area contributed by atoms with E-state index in [0.717, 1.165) is 24.3 Å². The van der Waals surface area contributed by atoms with E-state index in [1.54, 1.807) is 12.1 Å². The van der Waals surface area contributed by atoms with E-state index in [1.165, 1.54) is 16.8 Å². The first-order valence-electron chi connectivity index (χ1n) is 11.4. The Kier molecular flexibility index (Phi) is 8.29. The zero-order valence-corrected chi connectivity index (χ0v) is 19.8. The lowest BCUT2D eigenvalue weighted by Gasteiger charge is -2.21. The van der Waals surface area contributed by atoms with E-state index in [-0.39, 0.29) is 23.9 Å². The maximum Gasteiger partial charge on any atom is 0.123 e. The van der Waals surface area contributed by atoms with Gasteiger partial charge in [0.05, 0.1) is 6.10 Å². The Morgan fingerprint density at radius 3 is 1.84 bits per heavy atom. The fourth-order valence-corrected chi connectivity index (χ4v) is 3.89. The van der Waals surface area contributed by atoms with Gasteiger partial charge in [0, 0.05) is 31.7 Å². The van der Waals surface area contributed by atoms with Gasteiger partial charge in [-0.3, -0.25) is 0 Å². The number of ether oxygens (including phenoxy) is 1. The highest BCUT2D eigenvalue weighted by atomic mass is 19.1. The van der Waals surface area contributed by atoms with Crippen LogP contribution in [0.15, 0.2) is 72.8 Å². The van der Waals surface area contributed by atoms with Crippen molar-refractivity contribution in [3.8, 4) is 5.75 Å². The zero-order chi connectivity index (χ0) is 23.1. The van der Waals surface area contributed by atoms with Crippen LogP contribution in [-0.4, -0.2) is 26.7 Å². The normalized spacial score (nSPS) is 13.1. The minimum Gasteiger partial charge on any atom is -0.491 e. The van der Waals surface area contributed by atoms with Gasteiger partial charge in [0.25, 0.3) is 0 Å². The number of rotatable bonds is 10. The van der Waals surface area contributed by atoms with E-state index in [9.17, 15) is 4.39 Å². The van der Waals surface area contributed by atoms with E-state index >= 15 is 0 Å². The lowest BCUT2D eigenvalue weighted by molar-refractivity contribution is 0.242. The highest BCUT2D eigenvalue weighted by molar-refractivity contribution is 5.46. The molecular weight excluding hydrogens is 399 g/mol. The molecule has 32 heavy (non-hydrogen) atoms. The van der Waals surface area contributed by atoms with Crippen molar-refractivity contribution in [3.05, 3.63) is 95.3 Å². The summed E-state index contributed by atoms with van der Waals surface area (Å²) in [7, 11) is 4.10. The minimum atomic E-state index is -0.207. The van der Waals surface area contributed by atoms with Gasteiger partial charge in [-0.2, -0.15) is 0 Å². The van der Waals surface area contributed by atoms with Gasteiger partial charge in [-0.15, -0.1) is 0 Å². The van der Waals surface area contributed by atoms with E-state index in [2.05, 4.69) is 53.5 Å². The molecule has 0 fully saturated rings. The van der Waals surface area contributed by atoms with Crippen LogP contribution in [0.25, 0.3) is 0 Å². The highest BCUT2D eigenvalue weighted by Crippen LogP contribution is 2.30. The highest BCUT2D eigenvalue weighted by Gasteiger charge is 2.16. The number of hydrogen-bond donors (Lipinski definition) is 1. The second kappa shape index (κ2) is 11.1. The molecule has 0 bridgehead atoms. The van der Waals surface area contributed by atoms with Crippen LogP contribution in [0.1, 0.15) is 55.8 Å². The molecule has 0 aliphatic heterocycles. The predicted octanol–water partition coefficient (Wildman–Crippen LogP) is 6.55. The van der Waals surface area contributed by atoms with Gasteiger partial charge in [0.2, 0.25) is 0 Å². The molecule has 0 spiro atoms. The van der Waals surface area contributed by atoms with Gasteiger partial charge in [0.1, 0.15) is 11.6 Å². The Bertz CT molecular complexity index is 950. The average Bonchev–Trinajstić information content (AvgIpc) is 2.78. The van der Waals surface area contributed by atoms with Crippen molar-refractivity contribution in [2.24, 2.45) is 0 Å². The number of benzene rings is 3. The van der Waals surface area contributed by atoms with Gasteiger partial charge < -0.3 is 15.0 Å². The second-order valence-electron chi connectivity index (χ2n) is 8.79. The van der Waals surface area contributed by atoms with Crippen LogP contribution in [0.3, 0.4) is 0 Å². The largest absolute Gasteiger partial charge is 0.491 e. The van der Waals surface area contributed by atoms with Crippen LogP contribution < -0.4 is 15.0 Å². The van der Waals surface area contributed by atoms with Crippen molar-refractivity contribution >= 4 is 5.69 Å². The summed E-state index contributed by atoms with van der Waals surface area (Å²) in [6.45, 7) is 7.09. The quantitative estimate of drug-likeness (QED) is 0.391. The van der Waals surface area contributed by atoms with Crippen LogP contribution in [-0.2, 0) is 0 Å². The van der Waals surface area contributed by atoms with E-state index < -0.39 is 0 Å². The van der Waals surface area contributed by atoms with E-state index in [4.69, 9.17) is 4.74 Å². The summed E-state index contributed by atoms with van der Waals surface area (Å²) in [4.78, 5) is 2.10. The van der Waals surface area contributed by atoms with Crippen molar-refractivity contribution in [1.29, 1.82) is 0 Å². The van der Waals surface area contributed by atoms with Crippen LogP contribution >= 0.6 is 0 Å². The molecule has 2 atom stereocenters. The van der Waals surface area contributed by atoms with Crippen LogP contribution in [0.4, 0.5) is 10.1 Å². The molecule has 3 aromatic rings. The van der Waals surface area contributed by atoms with Gasteiger partial charge in [-0.1, -0.05) is 36.4 Å². The van der Waals surface area contributed by atoms with Crippen LogP contribution in [0.2, 0.25) is 0 Å². The maximum absolute atomic E-state index is 13.5. The summed E-state index contributed by atoms with van der Waals surface area (Å²) >= 11 is 0. The van der Waals surface area contributed by atoms with Gasteiger partial charge in [0.15, 0.2) is 0 Å². The Morgan fingerprint density at radius 1 is 0.781 bits per heavy atom. The molecule has 0 aromatic heterocycles. The van der Waals surface area contributed by atoms with Gasteiger partial charge in [-0.25, -0.2) is 4.39 Å². The third kappa shape index (κ3) is 6.57. The molecule has 3 nitrogen and oxygen atoms in total. The first-order chi connectivity index (χ1) is 15.3. The lowest BCUT2D eigenvalue weighted by atomic mass is 9.88. The summed E-state index contributed by atoms with van der Waals surface area (Å²) in [6, 6.07) is 24.1. The van der Waals surface area contributed by atoms with Crippen LogP contribution in [0, 0.1) is 5.82 Å². The number of hydrogen-bond acceptors (Lipinski definition) is 3. The molecule has 2 unspecified atom stereocenters. The summed E-state index contributed by atoms with van der Waals surface area (Å²) in [5, 5.41) is 3.65. The van der Waals surface area contributed by atoms with Crippen molar-refractivity contribution < 1.29 is 9.13 Å². The first-order valence-corrected chi connectivity index (χ1v) is 11.4. The Labute approximate surface area is 192 Å². The molecule has 4 heteroatoms. The monoisotopic (exact) mass is 434 g/mol. The van der Waals surface area contributed by atoms with Crippen molar-refractivity contribution in [3.63, 3.8) is 0 Å². The molecule has 3 rings (SSSR count). The van der Waals surface area contributed by atoms with Crippen molar-refractivity contribution in [1.82, 2.24) is 5.32 Å². The van der Waals surface area contributed by atoms with E-state index in [1.807, 2.05) is 52.2 Å². The van der Waals surface area contributed by atoms with Crippen LogP contribution in [0.5, 0.6) is 5.75 Å². The topological polar surface area (TPSA) is 24.5 Å². The third-order valence-corrected chi connectivity index (χ3v) is 5.72. The molecule has 0 heterocycles. The molecular formula is C28H35FN2O. The molecule has 1 N–H and O–H groups in total. The molecule has 3 aromatic carbocycles. The Balaban J connectivity index is 1.69. The molecule has 0 aliphatic carbocycles. The molecule has 0 radical (unpaired) electrons. The summed E-state index contributed by atoms with van der Waals surface area (Å²) < 4.78 is 19.3. The summed E-state index contributed by atoms with van der Waals surface area (Å²) in [5.41, 5.74) is 4.79. The maximum atomic E-state index is 13.5. The number of anilines is 1. The summed E-state index contributed by atoms with van der Waals surface area (Å²) in [5.74, 6) is 0.843. The number of nitrogens with one attached hydrogen (secondary N) is 1. The molecule has 170 valence electrons. The smallest absolute Gasteiger partial charge is 0.123 e. The SMILES string of the molecule is CC(C)Oc1ccc(C(CCNC(C)c2ccc(N(C)C)cc2)c2ccc(F)cc2)cc1. The zero-order valence-electron chi connectivity index (χ0n) is 19.8. The standard InChI is InChI=1S/C28H35FN2O/c1-20(2)32-27-16-10-24(11-17-27)28(23-6-12-25(29)13-7-23)18-19-30-21(3)22-8-14-26(15-9-22)31(4)5/h6-17,20-21,28,30H,18-19H2,1-5H3.